The zero-order valence-electron chi connectivity index (χ0n) is 19.3. The molecule has 180 valence electrons. The van der Waals surface area contributed by atoms with Gasteiger partial charge in [0.25, 0.3) is 0 Å². The molecule has 1 N–H and O–H groups in total. The third-order valence-electron chi connectivity index (χ3n) is 5.21. The maximum atomic E-state index is 13.5. The van der Waals surface area contributed by atoms with Crippen LogP contribution in [-0.2, 0) is 26.2 Å². The molecule has 2 rings (SSSR count). The summed E-state index contributed by atoms with van der Waals surface area (Å²) >= 11 is 5.99. The first-order valence-electron chi connectivity index (χ1n) is 11.0. The number of anilines is 1. The van der Waals surface area contributed by atoms with E-state index in [4.69, 9.17) is 11.6 Å². The van der Waals surface area contributed by atoms with Crippen LogP contribution in [0, 0.1) is 0 Å². The molecule has 0 saturated carbocycles. The predicted molar refractivity (Wildman–Crippen MR) is 133 cm³/mol. The SMILES string of the molecule is CCCCNC(=O)C(CC)N(Cc1ccc(Cl)cc1)C(=O)CN(c1ccccc1)S(C)(=O)=O. The molecule has 0 aliphatic rings. The third-order valence-corrected chi connectivity index (χ3v) is 6.60. The molecule has 0 aromatic heterocycles. The molecule has 1 unspecified atom stereocenters. The molecule has 1 atom stereocenters. The van der Waals surface area contributed by atoms with Crippen LogP contribution in [0.25, 0.3) is 0 Å². The zero-order chi connectivity index (χ0) is 24.4. The normalized spacial score (nSPS) is 12.1. The van der Waals surface area contributed by atoms with E-state index in [0.29, 0.717) is 23.7 Å². The monoisotopic (exact) mass is 493 g/mol. The highest BCUT2D eigenvalue weighted by Gasteiger charge is 2.31. The number of amides is 2. The molecule has 0 aliphatic heterocycles. The highest BCUT2D eigenvalue weighted by molar-refractivity contribution is 7.92. The summed E-state index contributed by atoms with van der Waals surface area (Å²) < 4.78 is 26.1. The van der Waals surface area contributed by atoms with Crippen molar-refractivity contribution in [2.24, 2.45) is 0 Å². The van der Waals surface area contributed by atoms with Crippen molar-refractivity contribution in [2.75, 3.05) is 23.7 Å². The predicted octanol–water partition coefficient (Wildman–Crippen LogP) is 3.83. The summed E-state index contributed by atoms with van der Waals surface area (Å²) in [5.74, 6) is -0.712. The van der Waals surface area contributed by atoms with Gasteiger partial charge in [-0.3, -0.25) is 13.9 Å². The molecule has 0 fully saturated rings. The number of sulfonamides is 1. The summed E-state index contributed by atoms with van der Waals surface area (Å²) in [4.78, 5) is 27.9. The fraction of sp³-hybridized carbons (Fsp3) is 0.417. The summed E-state index contributed by atoms with van der Waals surface area (Å²) in [6.45, 7) is 4.13. The Morgan fingerprint density at radius 1 is 1.03 bits per heavy atom. The highest BCUT2D eigenvalue weighted by Crippen LogP contribution is 2.20. The van der Waals surface area contributed by atoms with Crippen LogP contribution in [0.1, 0.15) is 38.7 Å². The van der Waals surface area contributed by atoms with Crippen LogP contribution in [0.4, 0.5) is 5.69 Å². The minimum absolute atomic E-state index is 0.155. The van der Waals surface area contributed by atoms with Gasteiger partial charge in [0, 0.05) is 18.1 Å². The Morgan fingerprint density at radius 3 is 2.21 bits per heavy atom. The van der Waals surface area contributed by atoms with Crippen LogP contribution in [0.5, 0.6) is 0 Å². The number of halogens is 1. The maximum absolute atomic E-state index is 13.5. The molecule has 0 aliphatic carbocycles. The lowest BCUT2D eigenvalue weighted by atomic mass is 10.1. The highest BCUT2D eigenvalue weighted by atomic mass is 35.5. The van der Waals surface area contributed by atoms with E-state index in [9.17, 15) is 18.0 Å². The Kier molecular flexibility index (Phi) is 10.2. The van der Waals surface area contributed by atoms with E-state index in [0.717, 1.165) is 29.0 Å². The molecule has 7 nitrogen and oxygen atoms in total. The number of hydrogen-bond acceptors (Lipinski definition) is 4. The van der Waals surface area contributed by atoms with Crippen LogP contribution in [0.2, 0.25) is 5.02 Å². The number of carbonyl (C=O) groups excluding carboxylic acids is 2. The Morgan fingerprint density at radius 2 is 1.67 bits per heavy atom. The molecule has 0 spiro atoms. The number of nitrogens with one attached hydrogen (secondary N) is 1. The van der Waals surface area contributed by atoms with Gasteiger partial charge in [0.15, 0.2) is 0 Å². The number of nitrogens with zero attached hydrogens (tertiary/aromatic N) is 2. The van der Waals surface area contributed by atoms with E-state index >= 15 is 0 Å². The molecule has 0 saturated heterocycles. The van der Waals surface area contributed by atoms with E-state index < -0.39 is 28.5 Å². The lowest BCUT2D eigenvalue weighted by Crippen LogP contribution is -2.52. The number of unbranched alkanes of at least 4 members (excludes halogenated alkanes) is 1. The molecule has 2 aromatic carbocycles. The third kappa shape index (κ3) is 8.05. The van der Waals surface area contributed by atoms with Gasteiger partial charge in [0.05, 0.1) is 11.9 Å². The molecule has 33 heavy (non-hydrogen) atoms. The zero-order valence-corrected chi connectivity index (χ0v) is 20.9. The van der Waals surface area contributed by atoms with Crippen LogP contribution >= 0.6 is 11.6 Å². The van der Waals surface area contributed by atoms with Crippen molar-refractivity contribution < 1.29 is 18.0 Å². The Balaban J connectivity index is 2.36. The minimum atomic E-state index is -3.73. The Labute approximate surface area is 201 Å². The smallest absolute Gasteiger partial charge is 0.244 e. The number of rotatable bonds is 12. The molecule has 9 heteroatoms. The first-order chi connectivity index (χ1) is 15.7. The van der Waals surface area contributed by atoms with E-state index in [-0.39, 0.29) is 12.5 Å². The van der Waals surface area contributed by atoms with Crippen molar-refractivity contribution in [2.45, 2.75) is 45.7 Å². The van der Waals surface area contributed by atoms with Crippen LogP contribution < -0.4 is 9.62 Å². The maximum Gasteiger partial charge on any atom is 0.244 e. The molecule has 0 bridgehead atoms. The van der Waals surface area contributed by atoms with Gasteiger partial charge in [-0.15, -0.1) is 0 Å². The second-order valence-corrected chi connectivity index (χ2v) is 10.2. The van der Waals surface area contributed by atoms with Crippen molar-refractivity contribution in [3.8, 4) is 0 Å². The van der Waals surface area contributed by atoms with Crippen LogP contribution in [-0.4, -0.2) is 50.5 Å². The standard InChI is InChI=1S/C24H32ClN3O4S/c1-4-6-16-26-24(30)22(5-2)27(17-19-12-14-20(25)15-13-19)23(29)18-28(33(3,31)32)21-10-8-7-9-11-21/h7-15,22H,4-6,16-18H2,1-3H3,(H,26,30). The molecular weight excluding hydrogens is 462 g/mol. The molecule has 0 heterocycles. The van der Waals surface area contributed by atoms with Gasteiger partial charge in [-0.2, -0.15) is 0 Å². The molecular formula is C24H32ClN3O4S. The average Bonchev–Trinajstić information content (AvgIpc) is 2.78. The van der Waals surface area contributed by atoms with E-state index in [2.05, 4.69) is 5.32 Å². The van der Waals surface area contributed by atoms with Gasteiger partial charge >= 0.3 is 0 Å². The average molecular weight is 494 g/mol. The van der Waals surface area contributed by atoms with Crippen molar-refractivity contribution in [1.82, 2.24) is 10.2 Å². The summed E-state index contributed by atoms with van der Waals surface area (Å²) in [5, 5.41) is 3.46. The van der Waals surface area contributed by atoms with Crippen LogP contribution in [0.15, 0.2) is 54.6 Å². The number of carbonyl (C=O) groups is 2. The largest absolute Gasteiger partial charge is 0.354 e. The topological polar surface area (TPSA) is 86.8 Å². The summed E-state index contributed by atoms with van der Waals surface area (Å²) in [5.41, 5.74) is 1.18. The van der Waals surface area contributed by atoms with Gasteiger partial charge in [-0.05, 0) is 42.7 Å². The van der Waals surface area contributed by atoms with Gasteiger partial charge in [0.1, 0.15) is 12.6 Å². The van der Waals surface area contributed by atoms with E-state index in [1.54, 1.807) is 54.6 Å². The molecule has 2 amide bonds. The van der Waals surface area contributed by atoms with E-state index in [1.165, 1.54) is 4.90 Å². The first-order valence-corrected chi connectivity index (χ1v) is 13.2. The van der Waals surface area contributed by atoms with Crippen molar-refractivity contribution in [3.63, 3.8) is 0 Å². The Bertz CT molecular complexity index is 1010. The van der Waals surface area contributed by atoms with Crippen molar-refractivity contribution in [3.05, 3.63) is 65.2 Å². The summed E-state index contributed by atoms with van der Waals surface area (Å²) in [6.07, 6.45) is 3.22. The van der Waals surface area contributed by atoms with Gasteiger partial charge in [-0.1, -0.05) is 62.2 Å². The summed E-state index contributed by atoms with van der Waals surface area (Å²) in [6, 6.07) is 14.7. The lowest BCUT2D eigenvalue weighted by Gasteiger charge is -2.33. The van der Waals surface area contributed by atoms with Crippen molar-refractivity contribution in [1.29, 1.82) is 0 Å². The lowest BCUT2D eigenvalue weighted by molar-refractivity contribution is -0.140. The van der Waals surface area contributed by atoms with Crippen molar-refractivity contribution >= 4 is 39.1 Å². The second-order valence-electron chi connectivity index (χ2n) is 7.82. The fourth-order valence-electron chi connectivity index (χ4n) is 3.42. The molecule has 0 radical (unpaired) electrons. The summed E-state index contributed by atoms with van der Waals surface area (Å²) in [7, 11) is -3.73. The molecule has 2 aromatic rings. The number of para-hydroxylation sites is 1. The van der Waals surface area contributed by atoms with Gasteiger partial charge < -0.3 is 10.2 Å². The quantitative estimate of drug-likeness (QED) is 0.455. The Hall–Kier alpha value is -2.58. The van der Waals surface area contributed by atoms with E-state index in [1.807, 2.05) is 13.8 Å². The minimum Gasteiger partial charge on any atom is -0.354 e. The first kappa shape index (κ1) is 26.7. The number of hydrogen-bond donors (Lipinski definition) is 1. The van der Waals surface area contributed by atoms with Gasteiger partial charge in [0.2, 0.25) is 21.8 Å². The number of benzene rings is 2. The van der Waals surface area contributed by atoms with Crippen LogP contribution in [0.3, 0.4) is 0 Å². The second kappa shape index (κ2) is 12.6. The fourth-order valence-corrected chi connectivity index (χ4v) is 4.40. The van der Waals surface area contributed by atoms with Gasteiger partial charge in [-0.25, -0.2) is 8.42 Å².